The van der Waals surface area contributed by atoms with Crippen molar-refractivity contribution in [2.24, 2.45) is 17.6 Å². The lowest BCUT2D eigenvalue weighted by Crippen LogP contribution is -2.42. The largest absolute Gasteiger partial charge is 0.370 e. The lowest BCUT2D eigenvalue weighted by molar-refractivity contribution is -0.131. The molecule has 8 heteroatoms. The molecule has 0 aliphatic carbocycles. The van der Waals surface area contributed by atoms with Crippen molar-refractivity contribution in [3.8, 4) is 0 Å². The molecule has 1 atom stereocenters. The van der Waals surface area contributed by atoms with Crippen LogP contribution in [0.15, 0.2) is 35.5 Å². The van der Waals surface area contributed by atoms with Gasteiger partial charge in [0.05, 0.1) is 5.25 Å². The highest BCUT2D eigenvalue weighted by Gasteiger charge is 2.28. The molecule has 7 nitrogen and oxygen atoms in total. The first-order valence-corrected chi connectivity index (χ1v) is 12.4. The summed E-state index contributed by atoms with van der Waals surface area (Å²) in [4.78, 5) is 26.3. The summed E-state index contributed by atoms with van der Waals surface area (Å²) < 4.78 is 2.04. The van der Waals surface area contributed by atoms with E-state index in [-0.39, 0.29) is 23.5 Å². The van der Waals surface area contributed by atoms with Gasteiger partial charge in [0.25, 0.3) is 0 Å². The van der Waals surface area contributed by atoms with Crippen molar-refractivity contribution in [1.82, 2.24) is 19.7 Å². The maximum atomic E-state index is 13.1. The van der Waals surface area contributed by atoms with Crippen LogP contribution >= 0.6 is 11.8 Å². The molecule has 0 saturated carbocycles. The van der Waals surface area contributed by atoms with E-state index in [0.717, 1.165) is 49.9 Å². The highest BCUT2D eigenvalue weighted by Crippen LogP contribution is 2.28. The summed E-state index contributed by atoms with van der Waals surface area (Å²) in [7, 11) is 0. The number of nitrogens with two attached hydrogens (primary N) is 1. The zero-order chi connectivity index (χ0) is 23.1. The maximum absolute atomic E-state index is 13.1. The van der Waals surface area contributed by atoms with Gasteiger partial charge in [-0.15, -0.1) is 10.2 Å². The number of nitrogens with zero attached hydrogens (tertiary/aromatic N) is 4. The lowest BCUT2D eigenvalue weighted by atomic mass is 9.90. The highest BCUT2D eigenvalue weighted by atomic mass is 32.2. The van der Waals surface area contributed by atoms with E-state index in [1.165, 1.54) is 17.3 Å². The molecule has 2 aromatic rings. The van der Waals surface area contributed by atoms with Crippen LogP contribution in [-0.2, 0) is 29.0 Å². The molecule has 2 N–H and O–H groups in total. The van der Waals surface area contributed by atoms with Gasteiger partial charge in [-0.2, -0.15) is 0 Å². The van der Waals surface area contributed by atoms with Gasteiger partial charge in [0.1, 0.15) is 5.82 Å². The van der Waals surface area contributed by atoms with Crippen LogP contribution in [0.5, 0.6) is 0 Å². The predicted octanol–water partition coefficient (Wildman–Crippen LogP) is 3.31. The second kappa shape index (κ2) is 11.5. The summed E-state index contributed by atoms with van der Waals surface area (Å²) in [6, 6.07) is 10.6. The van der Waals surface area contributed by atoms with E-state index in [2.05, 4.69) is 48.3 Å². The number of likely N-dealkylation sites (tertiary alicyclic amines) is 1. The zero-order valence-corrected chi connectivity index (χ0v) is 20.2. The number of aromatic nitrogens is 3. The molecule has 1 aromatic carbocycles. The SMILES string of the molecule is CC(C)Cn1c(CCC(N)=O)nnc1S[C@@H](C)C(=O)N1CCC(Cc2ccccc2)CC1. The first-order chi connectivity index (χ1) is 15.3. The molecule has 1 aromatic heterocycles. The maximum Gasteiger partial charge on any atom is 0.235 e. The molecule has 0 radical (unpaired) electrons. The summed E-state index contributed by atoms with van der Waals surface area (Å²) in [6.45, 7) is 8.56. The second-order valence-electron chi connectivity index (χ2n) is 9.09. The second-order valence-corrected chi connectivity index (χ2v) is 10.4. The number of hydrogen-bond acceptors (Lipinski definition) is 5. The van der Waals surface area contributed by atoms with Crippen LogP contribution in [0.3, 0.4) is 0 Å². The first-order valence-electron chi connectivity index (χ1n) is 11.5. The zero-order valence-electron chi connectivity index (χ0n) is 19.4. The number of rotatable bonds is 10. The fraction of sp³-hybridized carbons (Fsp3) is 0.583. The summed E-state index contributed by atoms with van der Waals surface area (Å²) in [5.41, 5.74) is 6.68. The number of hydrogen-bond donors (Lipinski definition) is 1. The normalized spacial score (nSPS) is 15.8. The molecule has 0 spiro atoms. The monoisotopic (exact) mass is 457 g/mol. The van der Waals surface area contributed by atoms with Crippen LogP contribution in [0.1, 0.15) is 51.4 Å². The third kappa shape index (κ3) is 6.82. The fourth-order valence-corrected chi connectivity index (χ4v) is 5.11. The smallest absolute Gasteiger partial charge is 0.235 e. The Bertz CT molecular complexity index is 891. The molecule has 0 unspecified atom stereocenters. The Morgan fingerprint density at radius 3 is 2.44 bits per heavy atom. The van der Waals surface area contributed by atoms with Crippen LogP contribution in [0.4, 0.5) is 0 Å². The Balaban J connectivity index is 1.56. The van der Waals surface area contributed by atoms with E-state index >= 15 is 0 Å². The topological polar surface area (TPSA) is 94.1 Å². The average molecular weight is 458 g/mol. The molecule has 2 amide bonds. The van der Waals surface area contributed by atoms with E-state index in [9.17, 15) is 9.59 Å². The molecular weight excluding hydrogens is 422 g/mol. The van der Waals surface area contributed by atoms with Crippen LogP contribution < -0.4 is 5.73 Å². The highest BCUT2D eigenvalue weighted by molar-refractivity contribution is 8.00. The Morgan fingerprint density at radius 2 is 1.81 bits per heavy atom. The van der Waals surface area contributed by atoms with Gasteiger partial charge >= 0.3 is 0 Å². The van der Waals surface area contributed by atoms with Gasteiger partial charge in [-0.3, -0.25) is 9.59 Å². The van der Waals surface area contributed by atoms with Crippen molar-refractivity contribution in [2.75, 3.05) is 13.1 Å². The van der Waals surface area contributed by atoms with Crippen molar-refractivity contribution in [3.05, 3.63) is 41.7 Å². The number of carbonyl (C=O) groups is 2. The molecule has 32 heavy (non-hydrogen) atoms. The first kappa shape index (κ1) is 24.3. The number of amides is 2. The van der Waals surface area contributed by atoms with Crippen molar-refractivity contribution >= 4 is 23.6 Å². The van der Waals surface area contributed by atoms with Gasteiger partial charge in [0.15, 0.2) is 5.16 Å². The van der Waals surface area contributed by atoms with E-state index in [0.29, 0.717) is 18.3 Å². The standard InChI is InChI=1S/C24H35N5O2S/c1-17(2)16-29-22(10-9-21(25)30)26-27-24(29)32-18(3)23(31)28-13-11-20(12-14-28)15-19-7-5-4-6-8-19/h4-8,17-18,20H,9-16H2,1-3H3,(H2,25,30)/t18-/m0/s1. The quantitative estimate of drug-likeness (QED) is 0.553. The Morgan fingerprint density at radius 1 is 1.12 bits per heavy atom. The average Bonchev–Trinajstić information content (AvgIpc) is 3.13. The van der Waals surface area contributed by atoms with E-state index in [4.69, 9.17) is 5.73 Å². The van der Waals surface area contributed by atoms with Crippen molar-refractivity contribution < 1.29 is 9.59 Å². The molecule has 1 saturated heterocycles. The third-order valence-corrected chi connectivity index (χ3v) is 6.93. The number of benzene rings is 1. The van der Waals surface area contributed by atoms with Gasteiger partial charge in [0.2, 0.25) is 11.8 Å². The minimum Gasteiger partial charge on any atom is -0.370 e. The Hall–Kier alpha value is -2.35. The van der Waals surface area contributed by atoms with Gasteiger partial charge in [-0.25, -0.2) is 0 Å². The predicted molar refractivity (Wildman–Crippen MR) is 127 cm³/mol. The molecule has 1 fully saturated rings. The number of piperidine rings is 1. The van der Waals surface area contributed by atoms with Gasteiger partial charge in [0, 0.05) is 32.5 Å². The van der Waals surface area contributed by atoms with Gasteiger partial charge < -0.3 is 15.2 Å². The molecule has 174 valence electrons. The number of aryl methyl sites for hydroxylation is 1. The molecule has 0 bridgehead atoms. The molecule has 1 aliphatic rings. The number of primary amides is 1. The van der Waals surface area contributed by atoms with E-state index in [1.54, 1.807) is 0 Å². The van der Waals surface area contributed by atoms with Crippen LogP contribution in [0.25, 0.3) is 0 Å². The van der Waals surface area contributed by atoms with Gasteiger partial charge in [-0.1, -0.05) is 55.9 Å². The lowest BCUT2D eigenvalue weighted by Gasteiger charge is -2.33. The van der Waals surface area contributed by atoms with Crippen molar-refractivity contribution in [3.63, 3.8) is 0 Å². The Labute approximate surface area is 195 Å². The summed E-state index contributed by atoms with van der Waals surface area (Å²) >= 11 is 1.45. The van der Waals surface area contributed by atoms with E-state index < -0.39 is 0 Å². The summed E-state index contributed by atoms with van der Waals surface area (Å²) in [5.74, 6) is 1.59. The van der Waals surface area contributed by atoms with Crippen LogP contribution in [0, 0.1) is 11.8 Å². The minimum atomic E-state index is -0.350. The third-order valence-electron chi connectivity index (χ3n) is 5.86. The van der Waals surface area contributed by atoms with Crippen molar-refractivity contribution in [2.45, 2.75) is 69.8 Å². The van der Waals surface area contributed by atoms with Gasteiger partial charge in [-0.05, 0) is 43.6 Å². The molecule has 3 rings (SSSR count). The van der Waals surface area contributed by atoms with E-state index in [1.807, 2.05) is 22.5 Å². The van der Waals surface area contributed by atoms with Crippen molar-refractivity contribution in [1.29, 1.82) is 0 Å². The minimum absolute atomic E-state index is 0.158. The number of carbonyl (C=O) groups excluding carboxylic acids is 2. The van der Waals surface area contributed by atoms with Crippen LogP contribution in [-0.4, -0.2) is 49.8 Å². The molecule has 2 heterocycles. The fourth-order valence-electron chi connectivity index (χ4n) is 4.15. The number of thioether (sulfide) groups is 1. The Kier molecular flexibility index (Phi) is 8.73. The molecular formula is C24H35N5O2S. The summed E-state index contributed by atoms with van der Waals surface area (Å²) in [6.07, 6.45) is 3.87. The van der Waals surface area contributed by atoms with Crippen LogP contribution in [0.2, 0.25) is 0 Å². The molecule has 1 aliphatic heterocycles. The summed E-state index contributed by atoms with van der Waals surface area (Å²) in [5, 5.41) is 9.10.